The monoisotopic (exact) mass is 283 g/mol. The van der Waals surface area contributed by atoms with Gasteiger partial charge in [-0.1, -0.05) is 53.9 Å². The minimum Gasteiger partial charge on any atom is -0.468 e. The summed E-state index contributed by atoms with van der Waals surface area (Å²) in [6.07, 6.45) is 5.99. The van der Waals surface area contributed by atoms with E-state index in [0.29, 0.717) is 17.9 Å². The van der Waals surface area contributed by atoms with Gasteiger partial charge in [0.15, 0.2) is 0 Å². The first kappa shape index (κ1) is 17.5. The fourth-order valence-corrected chi connectivity index (χ4v) is 3.42. The summed E-state index contributed by atoms with van der Waals surface area (Å²) in [6.45, 7) is 11.2. The van der Waals surface area contributed by atoms with Gasteiger partial charge in [-0.15, -0.1) is 0 Å². The van der Waals surface area contributed by atoms with Crippen molar-refractivity contribution in [2.45, 2.75) is 78.8 Å². The van der Waals surface area contributed by atoms with Crippen molar-refractivity contribution in [1.29, 1.82) is 0 Å². The molecule has 1 saturated carbocycles. The number of esters is 1. The number of carbonyl (C=O) groups excluding carboxylic acids is 1. The maximum atomic E-state index is 12.1. The Morgan fingerprint density at radius 2 is 1.90 bits per heavy atom. The summed E-state index contributed by atoms with van der Waals surface area (Å²) in [5, 5.41) is 3.64. The van der Waals surface area contributed by atoms with E-state index in [1.165, 1.54) is 32.8 Å². The smallest absolute Gasteiger partial charge is 0.323 e. The second-order valence-electron chi connectivity index (χ2n) is 7.42. The van der Waals surface area contributed by atoms with Crippen LogP contribution in [0.4, 0.5) is 0 Å². The predicted molar refractivity (Wildman–Crippen MR) is 83.6 cm³/mol. The molecule has 0 spiro atoms. The molecule has 4 atom stereocenters. The molecule has 0 bridgehead atoms. The van der Waals surface area contributed by atoms with Crippen LogP contribution in [-0.4, -0.2) is 25.2 Å². The van der Waals surface area contributed by atoms with Gasteiger partial charge in [-0.3, -0.25) is 4.79 Å². The van der Waals surface area contributed by atoms with Crippen molar-refractivity contribution >= 4 is 5.97 Å². The second-order valence-corrected chi connectivity index (χ2v) is 7.42. The van der Waals surface area contributed by atoms with E-state index in [0.717, 1.165) is 6.42 Å². The van der Waals surface area contributed by atoms with Crippen molar-refractivity contribution in [2.75, 3.05) is 7.11 Å². The number of rotatable bonds is 5. The molecule has 118 valence electrons. The molecular weight excluding hydrogens is 250 g/mol. The van der Waals surface area contributed by atoms with E-state index >= 15 is 0 Å². The summed E-state index contributed by atoms with van der Waals surface area (Å²) in [5.41, 5.74) is 0.286. The molecule has 0 radical (unpaired) electrons. The summed E-state index contributed by atoms with van der Waals surface area (Å²) >= 11 is 0. The zero-order chi connectivity index (χ0) is 15.3. The SMILES string of the molecule is CCC(C)C(NC1CCCCC1C(C)(C)C)C(=O)OC. The molecular formula is C17H33NO2. The van der Waals surface area contributed by atoms with Crippen LogP contribution in [-0.2, 0) is 9.53 Å². The molecule has 0 aromatic heterocycles. The number of hydrogen-bond acceptors (Lipinski definition) is 3. The summed E-state index contributed by atoms with van der Waals surface area (Å²) < 4.78 is 5.00. The molecule has 0 heterocycles. The molecule has 1 fully saturated rings. The highest BCUT2D eigenvalue weighted by molar-refractivity contribution is 5.76. The van der Waals surface area contributed by atoms with Crippen LogP contribution < -0.4 is 5.32 Å². The van der Waals surface area contributed by atoms with Crippen molar-refractivity contribution in [1.82, 2.24) is 5.32 Å². The first-order valence-corrected chi connectivity index (χ1v) is 8.15. The lowest BCUT2D eigenvalue weighted by Gasteiger charge is -2.42. The number of ether oxygens (including phenoxy) is 1. The molecule has 1 N–H and O–H groups in total. The Kier molecular flexibility index (Phi) is 6.50. The van der Waals surface area contributed by atoms with Gasteiger partial charge in [-0.05, 0) is 30.1 Å². The van der Waals surface area contributed by atoms with Crippen molar-refractivity contribution in [3.8, 4) is 0 Å². The predicted octanol–water partition coefficient (Wildman–Crippen LogP) is 3.77. The van der Waals surface area contributed by atoms with Gasteiger partial charge in [0, 0.05) is 6.04 Å². The highest BCUT2D eigenvalue weighted by Crippen LogP contribution is 2.38. The number of methoxy groups -OCH3 is 1. The summed E-state index contributed by atoms with van der Waals surface area (Å²) in [5.74, 6) is 0.829. The van der Waals surface area contributed by atoms with Crippen LogP contribution in [0.3, 0.4) is 0 Å². The van der Waals surface area contributed by atoms with Crippen molar-refractivity contribution < 1.29 is 9.53 Å². The van der Waals surface area contributed by atoms with Crippen LogP contribution in [0.5, 0.6) is 0 Å². The Hall–Kier alpha value is -0.570. The van der Waals surface area contributed by atoms with Crippen LogP contribution in [0.25, 0.3) is 0 Å². The standard InChI is InChI=1S/C17H33NO2/c1-7-12(2)15(16(19)20-6)18-14-11-9-8-10-13(14)17(3,4)5/h12-15,18H,7-11H2,1-6H3. The van der Waals surface area contributed by atoms with Gasteiger partial charge in [0.05, 0.1) is 7.11 Å². The average Bonchev–Trinajstić information content (AvgIpc) is 2.42. The quantitative estimate of drug-likeness (QED) is 0.781. The molecule has 0 amide bonds. The molecule has 0 aliphatic heterocycles. The van der Waals surface area contributed by atoms with Crippen molar-refractivity contribution in [2.24, 2.45) is 17.3 Å². The summed E-state index contributed by atoms with van der Waals surface area (Å²) in [7, 11) is 1.49. The molecule has 3 nitrogen and oxygen atoms in total. The van der Waals surface area contributed by atoms with Gasteiger partial charge in [-0.2, -0.15) is 0 Å². The van der Waals surface area contributed by atoms with E-state index in [2.05, 4.69) is 39.9 Å². The average molecular weight is 283 g/mol. The van der Waals surface area contributed by atoms with E-state index in [9.17, 15) is 4.79 Å². The highest BCUT2D eigenvalue weighted by Gasteiger charge is 2.37. The number of hydrogen-bond donors (Lipinski definition) is 1. The van der Waals surface area contributed by atoms with E-state index in [1.807, 2.05) is 0 Å². The Morgan fingerprint density at radius 1 is 1.30 bits per heavy atom. The zero-order valence-electron chi connectivity index (χ0n) is 14.2. The van der Waals surface area contributed by atoms with E-state index in [4.69, 9.17) is 4.74 Å². The summed E-state index contributed by atoms with van der Waals surface area (Å²) in [4.78, 5) is 12.1. The third-order valence-electron chi connectivity index (χ3n) is 4.94. The normalized spacial score (nSPS) is 26.9. The van der Waals surface area contributed by atoms with Gasteiger partial charge in [0.2, 0.25) is 0 Å². The lowest BCUT2D eigenvalue weighted by atomic mass is 9.69. The Bertz CT molecular complexity index is 309. The Balaban J connectivity index is 2.81. The molecule has 20 heavy (non-hydrogen) atoms. The lowest BCUT2D eigenvalue weighted by Crippen LogP contribution is -2.53. The molecule has 0 saturated heterocycles. The molecule has 0 aromatic carbocycles. The van der Waals surface area contributed by atoms with Gasteiger partial charge >= 0.3 is 5.97 Å². The fraction of sp³-hybridized carbons (Fsp3) is 0.941. The molecule has 0 aromatic rings. The van der Waals surface area contributed by atoms with Crippen LogP contribution in [0.1, 0.15) is 66.7 Å². The van der Waals surface area contributed by atoms with Crippen LogP contribution in [0, 0.1) is 17.3 Å². The van der Waals surface area contributed by atoms with Crippen LogP contribution >= 0.6 is 0 Å². The Labute approximate surface area is 124 Å². The van der Waals surface area contributed by atoms with E-state index in [1.54, 1.807) is 0 Å². The van der Waals surface area contributed by atoms with E-state index < -0.39 is 0 Å². The van der Waals surface area contributed by atoms with Gasteiger partial charge in [0.25, 0.3) is 0 Å². The Morgan fingerprint density at radius 3 is 2.40 bits per heavy atom. The molecule has 1 aliphatic carbocycles. The second kappa shape index (κ2) is 7.44. The first-order chi connectivity index (χ1) is 9.31. The zero-order valence-corrected chi connectivity index (χ0v) is 14.2. The maximum Gasteiger partial charge on any atom is 0.323 e. The third kappa shape index (κ3) is 4.47. The van der Waals surface area contributed by atoms with Gasteiger partial charge in [-0.25, -0.2) is 0 Å². The highest BCUT2D eigenvalue weighted by atomic mass is 16.5. The fourth-order valence-electron chi connectivity index (χ4n) is 3.42. The van der Waals surface area contributed by atoms with E-state index in [-0.39, 0.29) is 17.4 Å². The topological polar surface area (TPSA) is 38.3 Å². The number of nitrogens with one attached hydrogen (secondary N) is 1. The molecule has 1 aliphatic rings. The molecule has 3 heteroatoms. The van der Waals surface area contributed by atoms with Crippen molar-refractivity contribution in [3.05, 3.63) is 0 Å². The van der Waals surface area contributed by atoms with Crippen LogP contribution in [0.15, 0.2) is 0 Å². The lowest BCUT2D eigenvalue weighted by molar-refractivity contribution is -0.145. The van der Waals surface area contributed by atoms with Gasteiger partial charge in [0.1, 0.15) is 6.04 Å². The molecule has 4 unspecified atom stereocenters. The van der Waals surface area contributed by atoms with Gasteiger partial charge < -0.3 is 10.1 Å². The van der Waals surface area contributed by atoms with Crippen LogP contribution in [0.2, 0.25) is 0 Å². The minimum atomic E-state index is -0.169. The first-order valence-electron chi connectivity index (χ1n) is 8.15. The minimum absolute atomic E-state index is 0.113. The largest absolute Gasteiger partial charge is 0.468 e. The third-order valence-corrected chi connectivity index (χ3v) is 4.94. The van der Waals surface area contributed by atoms with Crippen molar-refractivity contribution in [3.63, 3.8) is 0 Å². The summed E-state index contributed by atoms with van der Waals surface area (Å²) in [6, 6.07) is 0.264. The molecule has 1 rings (SSSR count). The number of carbonyl (C=O) groups is 1. The maximum absolute atomic E-state index is 12.1.